The smallest absolute Gasteiger partial charge is 0.283 e. The van der Waals surface area contributed by atoms with Crippen molar-refractivity contribution >= 4 is 21.6 Å². The molecule has 0 unspecified atom stereocenters. The SMILES string of the molecule is Cc1noc(CCNc2cnn(CCO)c(=O)c2Br)n1. The van der Waals surface area contributed by atoms with Crippen LogP contribution in [0.1, 0.15) is 11.7 Å². The second-order valence-corrected chi connectivity index (χ2v) is 4.83. The molecule has 9 heteroatoms. The van der Waals surface area contributed by atoms with E-state index in [1.807, 2.05) is 0 Å². The van der Waals surface area contributed by atoms with E-state index < -0.39 is 0 Å². The molecule has 8 nitrogen and oxygen atoms in total. The number of aliphatic hydroxyl groups is 1. The third kappa shape index (κ3) is 3.42. The van der Waals surface area contributed by atoms with Crippen LogP contribution in [0, 0.1) is 6.92 Å². The first-order chi connectivity index (χ1) is 9.61. The molecule has 0 spiro atoms. The standard InChI is InChI=1S/C11H14BrN5O3/c1-7-15-9(20-16-7)2-3-13-8-6-14-17(4-5-18)11(19)10(8)12/h6,13,18H,2-5H2,1H3. The maximum absolute atomic E-state index is 11.9. The van der Waals surface area contributed by atoms with Gasteiger partial charge in [0.15, 0.2) is 5.82 Å². The fourth-order valence-corrected chi connectivity index (χ4v) is 2.04. The molecule has 2 heterocycles. The lowest BCUT2D eigenvalue weighted by Gasteiger charge is -2.08. The Morgan fingerprint density at radius 2 is 2.35 bits per heavy atom. The van der Waals surface area contributed by atoms with E-state index in [4.69, 9.17) is 9.63 Å². The largest absolute Gasteiger partial charge is 0.394 e. The minimum absolute atomic E-state index is 0.136. The molecule has 2 rings (SSSR count). The van der Waals surface area contributed by atoms with Crippen molar-refractivity contribution in [3.63, 3.8) is 0 Å². The number of aromatic nitrogens is 4. The molecule has 0 amide bonds. The monoisotopic (exact) mass is 343 g/mol. The van der Waals surface area contributed by atoms with Crippen molar-refractivity contribution in [1.82, 2.24) is 19.9 Å². The molecule has 0 aromatic carbocycles. The van der Waals surface area contributed by atoms with Gasteiger partial charge in [-0.3, -0.25) is 4.79 Å². The third-order valence-electron chi connectivity index (χ3n) is 2.52. The Balaban J connectivity index is 1.99. The quantitative estimate of drug-likeness (QED) is 0.778. The van der Waals surface area contributed by atoms with Gasteiger partial charge in [-0.25, -0.2) is 4.68 Å². The number of hydrogen-bond donors (Lipinski definition) is 2. The van der Waals surface area contributed by atoms with E-state index in [-0.39, 0.29) is 18.7 Å². The highest BCUT2D eigenvalue weighted by atomic mass is 79.9. The molecule has 0 radical (unpaired) electrons. The van der Waals surface area contributed by atoms with Crippen molar-refractivity contribution in [3.8, 4) is 0 Å². The number of aliphatic hydroxyl groups excluding tert-OH is 1. The molecule has 2 aromatic rings. The van der Waals surface area contributed by atoms with Crippen LogP contribution in [0.3, 0.4) is 0 Å². The van der Waals surface area contributed by atoms with Gasteiger partial charge in [0.05, 0.1) is 25.0 Å². The van der Waals surface area contributed by atoms with E-state index in [9.17, 15) is 4.79 Å². The van der Waals surface area contributed by atoms with E-state index in [1.165, 1.54) is 10.9 Å². The number of aryl methyl sites for hydroxylation is 1. The van der Waals surface area contributed by atoms with E-state index in [0.717, 1.165) is 0 Å². The van der Waals surface area contributed by atoms with Crippen molar-refractivity contribution < 1.29 is 9.63 Å². The van der Waals surface area contributed by atoms with Crippen LogP contribution in [0.2, 0.25) is 0 Å². The van der Waals surface area contributed by atoms with Gasteiger partial charge in [0.25, 0.3) is 5.56 Å². The predicted molar refractivity (Wildman–Crippen MR) is 74.5 cm³/mol. The Kier molecular flexibility index (Phi) is 4.85. The van der Waals surface area contributed by atoms with Crippen LogP contribution in [0.15, 0.2) is 20.0 Å². The third-order valence-corrected chi connectivity index (χ3v) is 3.29. The molecular formula is C11H14BrN5O3. The van der Waals surface area contributed by atoms with Crippen LogP contribution < -0.4 is 10.9 Å². The molecule has 0 aliphatic heterocycles. The molecule has 0 saturated heterocycles. The van der Waals surface area contributed by atoms with Gasteiger partial charge >= 0.3 is 0 Å². The molecule has 0 saturated carbocycles. The van der Waals surface area contributed by atoms with Gasteiger partial charge in [0, 0.05) is 13.0 Å². The highest BCUT2D eigenvalue weighted by Gasteiger charge is 2.09. The van der Waals surface area contributed by atoms with Gasteiger partial charge in [0.1, 0.15) is 4.47 Å². The number of nitrogens with one attached hydrogen (secondary N) is 1. The lowest BCUT2D eigenvalue weighted by molar-refractivity contribution is 0.266. The van der Waals surface area contributed by atoms with Gasteiger partial charge < -0.3 is 14.9 Å². The molecule has 2 N–H and O–H groups in total. The van der Waals surface area contributed by atoms with E-state index in [2.05, 4.69) is 36.5 Å². The summed E-state index contributed by atoms with van der Waals surface area (Å²) in [5.41, 5.74) is 0.290. The van der Waals surface area contributed by atoms with Crippen molar-refractivity contribution in [1.29, 1.82) is 0 Å². The van der Waals surface area contributed by atoms with E-state index in [1.54, 1.807) is 6.92 Å². The molecule has 2 aromatic heterocycles. The van der Waals surface area contributed by atoms with Crippen LogP contribution in [-0.4, -0.2) is 38.2 Å². The number of hydrogen-bond acceptors (Lipinski definition) is 7. The number of nitrogens with zero attached hydrogens (tertiary/aromatic N) is 4. The van der Waals surface area contributed by atoms with Crippen molar-refractivity contribution in [2.75, 3.05) is 18.5 Å². The number of anilines is 1. The van der Waals surface area contributed by atoms with E-state index in [0.29, 0.717) is 34.8 Å². The zero-order chi connectivity index (χ0) is 14.5. The Labute approximate surface area is 122 Å². The lowest BCUT2D eigenvalue weighted by Crippen LogP contribution is -2.26. The zero-order valence-corrected chi connectivity index (χ0v) is 12.4. The highest BCUT2D eigenvalue weighted by Crippen LogP contribution is 2.15. The predicted octanol–water partition coefficient (Wildman–Crippen LogP) is 0.344. The van der Waals surface area contributed by atoms with Gasteiger partial charge in [-0.05, 0) is 22.9 Å². The van der Waals surface area contributed by atoms with Crippen LogP contribution in [0.5, 0.6) is 0 Å². The summed E-state index contributed by atoms with van der Waals surface area (Å²) in [6, 6.07) is 0. The molecular weight excluding hydrogens is 330 g/mol. The van der Waals surface area contributed by atoms with E-state index >= 15 is 0 Å². The first-order valence-electron chi connectivity index (χ1n) is 6.01. The summed E-state index contributed by atoms with van der Waals surface area (Å²) in [6.45, 7) is 2.31. The first-order valence-corrected chi connectivity index (χ1v) is 6.80. The molecule has 0 aliphatic carbocycles. The van der Waals surface area contributed by atoms with Crippen molar-refractivity contribution in [3.05, 3.63) is 32.7 Å². The normalized spacial score (nSPS) is 10.8. The average molecular weight is 344 g/mol. The maximum Gasteiger partial charge on any atom is 0.283 e. The Morgan fingerprint density at radius 3 is 3.00 bits per heavy atom. The minimum atomic E-state index is -0.294. The minimum Gasteiger partial charge on any atom is -0.394 e. The topological polar surface area (TPSA) is 106 Å². The van der Waals surface area contributed by atoms with Gasteiger partial charge in [-0.15, -0.1) is 0 Å². The van der Waals surface area contributed by atoms with Crippen LogP contribution in [0.4, 0.5) is 5.69 Å². The Bertz CT molecular complexity index is 639. The number of halogens is 1. The first kappa shape index (κ1) is 14.7. The summed E-state index contributed by atoms with van der Waals surface area (Å²) in [5, 5.41) is 19.5. The van der Waals surface area contributed by atoms with Gasteiger partial charge in [-0.2, -0.15) is 10.1 Å². The summed E-state index contributed by atoms with van der Waals surface area (Å²) in [4.78, 5) is 16.0. The van der Waals surface area contributed by atoms with Crippen LogP contribution in [0.25, 0.3) is 0 Å². The maximum atomic E-state index is 11.9. The molecule has 0 fully saturated rings. The fraction of sp³-hybridized carbons (Fsp3) is 0.455. The average Bonchev–Trinajstić information content (AvgIpc) is 2.84. The molecule has 20 heavy (non-hydrogen) atoms. The number of rotatable bonds is 6. The van der Waals surface area contributed by atoms with Crippen LogP contribution in [-0.2, 0) is 13.0 Å². The zero-order valence-electron chi connectivity index (χ0n) is 10.8. The Morgan fingerprint density at radius 1 is 1.55 bits per heavy atom. The molecule has 0 bridgehead atoms. The molecule has 0 aliphatic rings. The summed E-state index contributed by atoms with van der Waals surface area (Å²) in [6.07, 6.45) is 2.08. The second kappa shape index (κ2) is 6.62. The fourth-order valence-electron chi connectivity index (χ4n) is 1.59. The van der Waals surface area contributed by atoms with Crippen molar-refractivity contribution in [2.24, 2.45) is 0 Å². The lowest BCUT2D eigenvalue weighted by atomic mass is 10.4. The van der Waals surface area contributed by atoms with Crippen LogP contribution >= 0.6 is 15.9 Å². The molecule has 108 valence electrons. The van der Waals surface area contributed by atoms with Gasteiger partial charge in [0.2, 0.25) is 5.89 Å². The highest BCUT2D eigenvalue weighted by molar-refractivity contribution is 9.10. The van der Waals surface area contributed by atoms with Crippen molar-refractivity contribution in [2.45, 2.75) is 19.9 Å². The molecule has 0 atom stereocenters. The summed E-state index contributed by atoms with van der Waals surface area (Å²) in [5.74, 6) is 1.13. The summed E-state index contributed by atoms with van der Waals surface area (Å²) >= 11 is 3.22. The Hall–Kier alpha value is -1.74. The second-order valence-electron chi connectivity index (χ2n) is 4.04. The van der Waals surface area contributed by atoms with Gasteiger partial charge in [-0.1, -0.05) is 5.16 Å². The summed E-state index contributed by atoms with van der Waals surface area (Å²) < 4.78 is 6.55. The summed E-state index contributed by atoms with van der Waals surface area (Å²) in [7, 11) is 0.